The topological polar surface area (TPSA) is 60.4 Å². The van der Waals surface area contributed by atoms with Crippen molar-refractivity contribution in [2.24, 2.45) is 0 Å². The molecule has 0 saturated heterocycles. The number of ether oxygens (including phenoxy) is 1. The van der Waals surface area contributed by atoms with E-state index in [1.54, 1.807) is 24.3 Å². The summed E-state index contributed by atoms with van der Waals surface area (Å²) in [4.78, 5) is 12.3. The zero-order valence-electron chi connectivity index (χ0n) is 11.9. The Morgan fingerprint density at radius 2 is 1.64 bits per heavy atom. The lowest BCUT2D eigenvalue weighted by molar-refractivity contribution is -0.133. The van der Waals surface area contributed by atoms with Crippen molar-refractivity contribution in [2.45, 2.75) is 4.90 Å². The number of esters is 1. The van der Waals surface area contributed by atoms with Crippen molar-refractivity contribution in [1.29, 1.82) is 0 Å². The molecule has 0 saturated carbocycles. The van der Waals surface area contributed by atoms with Crippen LogP contribution < -0.4 is 0 Å². The fourth-order valence-corrected chi connectivity index (χ4v) is 3.11. The first kappa shape index (κ1) is 14.5. The zero-order chi connectivity index (χ0) is 15.7. The molecule has 4 nitrogen and oxygen atoms in total. The van der Waals surface area contributed by atoms with Crippen LogP contribution in [-0.4, -0.2) is 27.2 Å². The lowest BCUT2D eigenvalue weighted by Crippen LogP contribution is -1.99. The van der Waals surface area contributed by atoms with Gasteiger partial charge in [0.15, 0.2) is 9.84 Å². The van der Waals surface area contributed by atoms with Crippen LogP contribution in [0.2, 0.25) is 0 Å². The second-order valence-electron chi connectivity index (χ2n) is 5.10. The van der Waals surface area contributed by atoms with Crippen LogP contribution in [0.5, 0.6) is 0 Å². The SMILES string of the molecule is CS(=O)(=O)c1cccc(C2=C(c3ccccc3)C(=O)OC2)c1. The molecule has 22 heavy (non-hydrogen) atoms. The van der Waals surface area contributed by atoms with Crippen LogP contribution in [0.15, 0.2) is 59.5 Å². The molecule has 0 atom stereocenters. The molecule has 3 rings (SSSR count). The molecule has 1 aliphatic rings. The summed E-state index contributed by atoms with van der Waals surface area (Å²) >= 11 is 0. The van der Waals surface area contributed by atoms with Crippen LogP contribution in [0.1, 0.15) is 11.1 Å². The Kier molecular flexibility index (Phi) is 3.58. The Hall–Kier alpha value is -2.40. The summed E-state index contributed by atoms with van der Waals surface area (Å²) < 4.78 is 28.6. The maximum atomic E-state index is 12.0. The van der Waals surface area contributed by atoms with Gasteiger partial charge in [-0.25, -0.2) is 13.2 Å². The smallest absolute Gasteiger partial charge is 0.339 e. The number of rotatable bonds is 3. The third kappa shape index (κ3) is 2.67. The minimum absolute atomic E-state index is 0.149. The van der Waals surface area contributed by atoms with E-state index < -0.39 is 9.84 Å². The number of cyclic esters (lactones) is 1. The summed E-state index contributed by atoms with van der Waals surface area (Å²) in [6.45, 7) is 0.149. The predicted octanol–water partition coefficient (Wildman–Crippen LogP) is 2.56. The van der Waals surface area contributed by atoms with E-state index >= 15 is 0 Å². The number of carbonyl (C=O) groups excluding carboxylic acids is 1. The Morgan fingerprint density at radius 3 is 2.32 bits per heavy atom. The van der Waals surface area contributed by atoms with Crippen LogP contribution in [0.4, 0.5) is 0 Å². The van der Waals surface area contributed by atoms with E-state index in [9.17, 15) is 13.2 Å². The van der Waals surface area contributed by atoms with Gasteiger partial charge in [-0.15, -0.1) is 0 Å². The molecule has 1 aliphatic heterocycles. The molecule has 0 spiro atoms. The molecule has 2 aromatic rings. The van der Waals surface area contributed by atoms with E-state index in [0.717, 1.165) is 11.8 Å². The van der Waals surface area contributed by atoms with Crippen LogP contribution in [0.25, 0.3) is 11.1 Å². The minimum Gasteiger partial charge on any atom is -0.457 e. The zero-order valence-corrected chi connectivity index (χ0v) is 12.8. The van der Waals surface area contributed by atoms with Crippen molar-refractivity contribution in [3.05, 3.63) is 65.7 Å². The molecule has 0 radical (unpaired) electrons. The molecule has 2 aromatic carbocycles. The standard InChI is InChI=1S/C17H14O4S/c1-22(19,20)14-9-5-8-13(10-14)15-11-21-17(18)16(15)12-6-3-2-4-7-12/h2-10H,11H2,1H3. The molecular formula is C17H14O4S. The van der Waals surface area contributed by atoms with E-state index in [1.165, 1.54) is 0 Å². The van der Waals surface area contributed by atoms with Gasteiger partial charge in [-0.2, -0.15) is 0 Å². The Bertz CT molecular complexity index is 865. The molecule has 0 bridgehead atoms. The summed E-state index contributed by atoms with van der Waals surface area (Å²) in [6.07, 6.45) is 1.16. The molecule has 0 amide bonds. The molecule has 1 heterocycles. The van der Waals surface area contributed by atoms with Gasteiger partial charge in [0.25, 0.3) is 0 Å². The molecular weight excluding hydrogens is 300 g/mol. The normalized spacial score (nSPS) is 15.0. The predicted molar refractivity (Wildman–Crippen MR) is 83.8 cm³/mol. The van der Waals surface area contributed by atoms with E-state index in [2.05, 4.69) is 0 Å². The fourth-order valence-electron chi connectivity index (χ4n) is 2.44. The van der Waals surface area contributed by atoms with E-state index in [-0.39, 0.29) is 17.5 Å². The largest absolute Gasteiger partial charge is 0.457 e. The van der Waals surface area contributed by atoms with E-state index in [4.69, 9.17) is 4.74 Å². The summed E-state index contributed by atoms with van der Waals surface area (Å²) in [7, 11) is -3.30. The highest BCUT2D eigenvalue weighted by Crippen LogP contribution is 2.33. The van der Waals surface area contributed by atoms with Crippen molar-refractivity contribution in [1.82, 2.24) is 0 Å². The lowest BCUT2D eigenvalue weighted by Gasteiger charge is -2.06. The molecule has 0 aromatic heterocycles. The number of hydrogen-bond acceptors (Lipinski definition) is 4. The van der Waals surface area contributed by atoms with Crippen molar-refractivity contribution < 1.29 is 17.9 Å². The lowest BCUT2D eigenvalue weighted by atomic mass is 9.97. The Balaban J connectivity index is 2.17. The van der Waals surface area contributed by atoms with Crippen molar-refractivity contribution in [3.8, 4) is 0 Å². The summed E-state index contributed by atoms with van der Waals surface area (Å²) in [5, 5.41) is 0. The van der Waals surface area contributed by atoms with Gasteiger partial charge in [0.1, 0.15) is 6.61 Å². The van der Waals surface area contributed by atoms with Gasteiger partial charge in [-0.1, -0.05) is 42.5 Å². The van der Waals surface area contributed by atoms with Crippen LogP contribution >= 0.6 is 0 Å². The van der Waals surface area contributed by atoms with Gasteiger partial charge in [-0.05, 0) is 23.3 Å². The number of benzene rings is 2. The average Bonchev–Trinajstić information content (AvgIpc) is 2.89. The number of hydrogen-bond donors (Lipinski definition) is 0. The van der Waals surface area contributed by atoms with Gasteiger partial charge in [-0.3, -0.25) is 0 Å². The molecule has 0 aliphatic carbocycles. The highest BCUT2D eigenvalue weighted by Gasteiger charge is 2.27. The fraction of sp³-hybridized carbons (Fsp3) is 0.118. The van der Waals surface area contributed by atoms with Crippen molar-refractivity contribution in [2.75, 3.05) is 12.9 Å². The Morgan fingerprint density at radius 1 is 0.955 bits per heavy atom. The summed E-state index contributed by atoms with van der Waals surface area (Å²) in [5.74, 6) is -0.383. The number of sulfone groups is 1. The first-order chi connectivity index (χ1) is 10.5. The first-order valence-electron chi connectivity index (χ1n) is 6.73. The maximum absolute atomic E-state index is 12.0. The molecule has 0 fully saturated rings. The third-order valence-electron chi connectivity index (χ3n) is 3.53. The highest BCUT2D eigenvalue weighted by molar-refractivity contribution is 7.90. The second-order valence-corrected chi connectivity index (χ2v) is 7.11. The molecule has 0 N–H and O–H groups in total. The van der Waals surface area contributed by atoms with Gasteiger partial charge in [0, 0.05) is 11.8 Å². The van der Waals surface area contributed by atoms with Gasteiger partial charge >= 0.3 is 5.97 Å². The van der Waals surface area contributed by atoms with Crippen LogP contribution in [0, 0.1) is 0 Å². The maximum Gasteiger partial charge on any atom is 0.339 e. The van der Waals surface area contributed by atoms with E-state index in [0.29, 0.717) is 16.7 Å². The average molecular weight is 314 g/mol. The first-order valence-corrected chi connectivity index (χ1v) is 8.62. The second kappa shape index (κ2) is 5.42. The van der Waals surface area contributed by atoms with Gasteiger partial charge < -0.3 is 4.74 Å². The number of carbonyl (C=O) groups is 1. The monoisotopic (exact) mass is 314 g/mol. The Labute approximate surface area is 129 Å². The quantitative estimate of drug-likeness (QED) is 0.817. The summed E-state index contributed by atoms with van der Waals surface area (Å²) in [6, 6.07) is 15.8. The molecule has 0 unspecified atom stereocenters. The van der Waals surface area contributed by atoms with Crippen molar-refractivity contribution >= 4 is 27.0 Å². The van der Waals surface area contributed by atoms with Crippen LogP contribution in [0.3, 0.4) is 0 Å². The third-order valence-corrected chi connectivity index (χ3v) is 4.64. The minimum atomic E-state index is -3.30. The summed E-state index contributed by atoms with van der Waals surface area (Å²) in [5.41, 5.74) is 2.66. The highest BCUT2D eigenvalue weighted by atomic mass is 32.2. The molecule has 112 valence electrons. The molecule has 5 heteroatoms. The van der Waals surface area contributed by atoms with E-state index in [1.807, 2.05) is 30.3 Å². The van der Waals surface area contributed by atoms with Gasteiger partial charge in [0.2, 0.25) is 0 Å². The van der Waals surface area contributed by atoms with Crippen LogP contribution in [-0.2, 0) is 19.4 Å². The van der Waals surface area contributed by atoms with Gasteiger partial charge in [0.05, 0.1) is 10.5 Å². The van der Waals surface area contributed by atoms with Crippen molar-refractivity contribution in [3.63, 3.8) is 0 Å².